The first-order valence-electron chi connectivity index (χ1n) is 11.1. The molecule has 0 N–H and O–H groups in total. The average Bonchev–Trinajstić information content (AvgIpc) is 3.51. The second-order valence-corrected chi connectivity index (χ2v) is 9.50. The van der Waals surface area contributed by atoms with E-state index >= 15 is 0 Å². The van der Waals surface area contributed by atoms with Crippen molar-refractivity contribution in [1.29, 1.82) is 0 Å². The number of alkyl halides is 2. The molecule has 1 saturated carbocycles. The van der Waals surface area contributed by atoms with Crippen LogP contribution in [-0.2, 0) is 6.54 Å². The van der Waals surface area contributed by atoms with Crippen molar-refractivity contribution in [2.45, 2.75) is 37.6 Å². The van der Waals surface area contributed by atoms with Crippen LogP contribution in [0.25, 0.3) is 0 Å². The molecule has 0 spiro atoms. The fraction of sp³-hybridized carbons (Fsp3) is 0.458. The van der Waals surface area contributed by atoms with Crippen LogP contribution in [0.4, 0.5) is 20.3 Å². The zero-order chi connectivity index (χ0) is 22.2. The van der Waals surface area contributed by atoms with Gasteiger partial charge in [0, 0.05) is 63.5 Å². The third-order valence-corrected chi connectivity index (χ3v) is 7.30. The monoisotopic (exact) mass is 438 g/mol. The Morgan fingerprint density at radius 2 is 1.97 bits per heavy atom. The molecule has 2 atom stereocenters. The third-order valence-electron chi connectivity index (χ3n) is 7.30. The number of benzene rings is 1. The van der Waals surface area contributed by atoms with Crippen molar-refractivity contribution in [2.24, 2.45) is 5.92 Å². The molecule has 1 aromatic carbocycles. The third kappa shape index (κ3) is 3.07. The first-order valence-corrected chi connectivity index (χ1v) is 11.1. The van der Waals surface area contributed by atoms with Gasteiger partial charge in [-0.3, -0.25) is 9.59 Å². The van der Waals surface area contributed by atoms with E-state index in [0.29, 0.717) is 23.9 Å². The zero-order valence-electron chi connectivity index (χ0n) is 17.9. The summed E-state index contributed by atoms with van der Waals surface area (Å²) < 4.78 is 27.0. The maximum absolute atomic E-state index is 13.5. The SMILES string of the molecule is CN1Cc2cc(N3CC4CC4c4cc(C(=O)N5CCC(F)(F)CC5)cnc43)ccc2C1=O. The summed E-state index contributed by atoms with van der Waals surface area (Å²) in [6.45, 7) is 1.61. The summed E-state index contributed by atoms with van der Waals surface area (Å²) in [4.78, 5) is 35.3. The summed E-state index contributed by atoms with van der Waals surface area (Å²) in [6, 6.07) is 7.84. The largest absolute Gasteiger partial charge is 0.338 e. The van der Waals surface area contributed by atoms with Gasteiger partial charge in [-0.05, 0) is 53.6 Å². The smallest absolute Gasteiger partial charge is 0.255 e. The second-order valence-electron chi connectivity index (χ2n) is 9.50. The highest BCUT2D eigenvalue weighted by Crippen LogP contribution is 2.55. The first-order chi connectivity index (χ1) is 15.3. The maximum atomic E-state index is 13.5. The number of rotatable bonds is 2. The molecule has 4 aliphatic rings. The maximum Gasteiger partial charge on any atom is 0.255 e. The summed E-state index contributed by atoms with van der Waals surface area (Å²) in [5.74, 6) is -1.09. The Morgan fingerprint density at radius 1 is 1.19 bits per heavy atom. The number of aromatic nitrogens is 1. The lowest BCUT2D eigenvalue weighted by molar-refractivity contribution is -0.0494. The molecule has 2 amide bonds. The molecule has 4 heterocycles. The van der Waals surface area contributed by atoms with Crippen molar-refractivity contribution in [2.75, 3.05) is 31.6 Å². The van der Waals surface area contributed by atoms with Gasteiger partial charge in [0.05, 0.1) is 5.56 Å². The van der Waals surface area contributed by atoms with Gasteiger partial charge in [0.2, 0.25) is 0 Å². The summed E-state index contributed by atoms with van der Waals surface area (Å²) >= 11 is 0. The fourth-order valence-corrected chi connectivity index (χ4v) is 5.31. The Hall–Kier alpha value is -3.03. The number of piperidine rings is 1. The number of hydrogen-bond donors (Lipinski definition) is 0. The van der Waals surface area contributed by atoms with Gasteiger partial charge in [0.1, 0.15) is 5.82 Å². The quantitative estimate of drug-likeness (QED) is 0.716. The molecule has 32 heavy (non-hydrogen) atoms. The van der Waals surface area contributed by atoms with Crippen molar-refractivity contribution < 1.29 is 18.4 Å². The van der Waals surface area contributed by atoms with Crippen LogP contribution in [0.3, 0.4) is 0 Å². The lowest BCUT2D eigenvalue weighted by Gasteiger charge is -2.33. The molecule has 3 aliphatic heterocycles. The van der Waals surface area contributed by atoms with Crippen molar-refractivity contribution in [3.05, 3.63) is 52.7 Å². The van der Waals surface area contributed by atoms with Gasteiger partial charge in [0.15, 0.2) is 0 Å². The summed E-state index contributed by atoms with van der Waals surface area (Å²) in [5.41, 5.74) is 4.30. The van der Waals surface area contributed by atoms with Gasteiger partial charge >= 0.3 is 0 Å². The molecular weight excluding hydrogens is 414 g/mol. The normalized spacial score (nSPS) is 25.3. The predicted molar refractivity (Wildman–Crippen MR) is 114 cm³/mol. The van der Waals surface area contributed by atoms with E-state index in [-0.39, 0.29) is 37.7 Å². The Balaban J connectivity index is 1.30. The topological polar surface area (TPSA) is 56.8 Å². The minimum absolute atomic E-state index is 0.0459. The molecule has 166 valence electrons. The summed E-state index contributed by atoms with van der Waals surface area (Å²) in [7, 11) is 1.80. The lowest BCUT2D eigenvalue weighted by Crippen LogP contribution is -2.42. The van der Waals surface area contributed by atoms with Crippen LogP contribution in [0.1, 0.15) is 57.0 Å². The Labute approximate surface area is 184 Å². The Morgan fingerprint density at radius 3 is 2.75 bits per heavy atom. The first kappa shape index (κ1) is 19.6. The van der Waals surface area contributed by atoms with Crippen molar-refractivity contribution in [3.63, 3.8) is 0 Å². The Kier molecular flexibility index (Phi) is 4.13. The van der Waals surface area contributed by atoms with Crippen molar-refractivity contribution >= 4 is 23.3 Å². The van der Waals surface area contributed by atoms with Crippen LogP contribution in [0.5, 0.6) is 0 Å². The number of halogens is 2. The van der Waals surface area contributed by atoms with Gasteiger partial charge in [-0.25, -0.2) is 13.8 Å². The van der Waals surface area contributed by atoms with Crippen LogP contribution >= 0.6 is 0 Å². The molecule has 8 heteroatoms. The molecule has 2 aromatic rings. The standard InChI is InChI=1S/C24H24F2N4O2/c1-28-12-15-8-17(2-3-18(15)23(28)32)30-13-16-10-19(16)20-9-14(11-27-21(20)30)22(31)29-6-4-24(25,26)5-7-29/h2-3,8-9,11,16,19H,4-7,10,12-13H2,1H3. The van der Waals surface area contributed by atoms with Crippen molar-refractivity contribution in [3.8, 4) is 0 Å². The molecule has 1 saturated heterocycles. The molecule has 6 rings (SSSR count). The average molecular weight is 438 g/mol. The van der Waals surface area contributed by atoms with Crippen LogP contribution in [-0.4, -0.2) is 59.2 Å². The highest BCUT2D eigenvalue weighted by Gasteiger charge is 2.46. The highest BCUT2D eigenvalue weighted by atomic mass is 19.3. The van der Waals surface area contributed by atoms with Gasteiger partial charge in [-0.15, -0.1) is 0 Å². The molecule has 2 unspecified atom stereocenters. The molecule has 0 bridgehead atoms. The van der Waals surface area contributed by atoms with Crippen LogP contribution < -0.4 is 4.90 Å². The van der Waals surface area contributed by atoms with E-state index < -0.39 is 5.92 Å². The number of carbonyl (C=O) groups is 2. The summed E-state index contributed by atoms with van der Waals surface area (Å²) in [5, 5.41) is 0. The minimum atomic E-state index is -2.68. The number of hydrogen-bond acceptors (Lipinski definition) is 4. The molecule has 2 fully saturated rings. The zero-order valence-corrected chi connectivity index (χ0v) is 17.9. The minimum Gasteiger partial charge on any atom is -0.338 e. The van der Waals surface area contributed by atoms with E-state index in [1.165, 1.54) is 4.90 Å². The number of fused-ring (bicyclic) bond motifs is 4. The Bertz CT molecular complexity index is 1140. The van der Waals surface area contributed by atoms with E-state index in [1.807, 2.05) is 18.2 Å². The summed E-state index contributed by atoms with van der Waals surface area (Å²) in [6.07, 6.45) is 2.07. The van der Waals surface area contributed by atoms with E-state index in [9.17, 15) is 18.4 Å². The van der Waals surface area contributed by atoms with Gasteiger partial charge in [-0.2, -0.15) is 0 Å². The van der Waals surface area contributed by atoms with Crippen LogP contribution in [0, 0.1) is 5.92 Å². The van der Waals surface area contributed by atoms with E-state index in [1.54, 1.807) is 18.1 Å². The van der Waals surface area contributed by atoms with E-state index in [4.69, 9.17) is 0 Å². The number of carbonyl (C=O) groups excluding carboxylic acids is 2. The predicted octanol–water partition coefficient (Wildman–Crippen LogP) is 3.79. The molecule has 1 aliphatic carbocycles. The second kappa shape index (κ2) is 6.73. The molecule has 6 nitrogen and oxygen atoms in total. The van der Waals surface area contributed by atoms with E-state index in [0.717, 1.165) is 41.2 Å². The van der Waals surface area contributed by atoms with Crippen LogP contribution in [0.15, 0.2) is 30.5 Å². The number of anilines is 2. The lowest BCUT2D eigenvalue weighted by atomic mass is 10.0. The van der Waals surface area contributed by atoms with Crippen molar-refractivity contribution in [1.82, 2.24) is 14.8 Å². The highest BCUT2D eigenvalue weighted by molar-refractivity contribution is 5.99. The number of likely N-dealkylation sites (tertiary alicyclic amines) is 1. The number of pyridine rings is 1. The van der Waals surface area contributed by atoms with E-state index in [2.05, 4.69) is 16.0 Å². The van der Waals surface area contributed by atoms with Gasteiger partial charge in [0.25, 0.3) is 17.7 Å². The fourth-order valence-electron chi connectivity index (χ4n) is 5.31. The molecular formula is C24H24F2N4O2. The van der Waals surface area contributed by atoms with Gasteiger partial charge in [-0.1, -0.05) is 0 Å². The molecule has 1 aromatic heterocycles. The van der Waals surface area contributed by atoms with Gasteiger partial charge < -0.3 is 14.7 Å². The number of amides is 2. The molecule has 0 radical (unpaired) electrons. The van der Waals surface area contributed by atoms with Crippen LogP contribution in [0.2, 0.25) is 0 Å². The number of nitrogens with zero attached hydrogens (tertiary/aromatic N) is 4.